The number of hydrogen-bond donors (Lipinski definition) is 2. The van der Waals surface area contributed by atoms with Crippen molar-refractivity contribution in [2.75, 3.05) is 6.61 Å². The van der Waals surface area contributed by atoms with Crippen molar-refractivity contribution in [3.8, 4) is 0 Å². The molecule has 6 nitrogen and oxygen atoms in total. The van der Waals surface area contributed by atoms with Gasteiger partial charge in [0, 0.05) is 0 Å². The van der Waals surface area contributed by atoms with Crippen LogP contribution in [0.3, 0.4) is 0 Å². The number of ether oxygens (including phenoxy) is 2. The molecule has 0 spiro atoms. The van der Waals surface area contributed by atoms with Gasteiger partial charge in [0.05, 0.1) is 18.8 Å². The number of aliphatic hydroxyl groups excluding tert-OH is 2. The zero-order valence-electron chi connectivity index (χ0n) is 22.1. The maximum absolute atomic E-state index is 12.7. The standard InChI is InChI=1S/C29H44O6/c1-6-34-27(33)35-28(3,4)26(32)14-9-19(2)24-12-13-25-21(8-7-15-29(24,25)5)11-10-20-16-22(30)18-23(31)17-20/h9-11,14,19,22-25,30-31H,6-8,12-13,15-18H2,1-5H3/b14-9+,21-11+/t19-,22-,23-,24-,25+,29-/m1/s1. The summed E-state index contributed by atoms with van der Waals surface area (Å²) in [6.45, 7) is 9.67. The first-order chi connectivity index (χ1) is 16.5. The molecular weight excluding hydrogens is 444 g/mol. The minimum atomic E-state index is -1.26. The first-order valence-electron chi connectivity index (χ1n) is 13.3. The van der Waals surface area contributed by atoms with Gasteiger partial charge in [0.25, 0.3) is 0 Å². The Bertz CT molecular complexity index is 856. The summed E-state index contributed by atoms with van der Waals surface area (Å²) >= 11 is 0. The smallest absolute Gasteiger partial charge is 0.435 e. The lowest BCUT2D eigenvalue weighted by Gasteiger charge is -2.44. The summed E-state index contributed by atoms with van der Waals surface area (Å²) < 4.78 is 10.0. The number of ketones is 1. The third kappa shape index (κ3) is 6.65. The predicted octanol–water partition coefficient (Wildman–Crippen LogP) is 5.67. The van der Waals surface area contributed by atoms with Gasteiger partial charge in [-0.15, -0.1) is 0 Å². The molecule has 35 heavy (non-hydrogen) atoms. The molecule has 0 aliphatic heterocycles. The summed E-state index contributed by atoms with van der Waals surface area (Å²) in [5.74, 6) is 0.977. The zero-order chi connectivity index (χ0) is 25.8. The fraction of sp³-hybridized carbons (Fsp3) is 0.724. The summed E-state index contributed by atoms with van der Waals surface area (Å²) in [5.41, 5.74) is 1.53. The van der Waals surface area contributed by atoms with Crippen molar-refractivity contribution in [1.82, 2.24) is 0 Å². The second-order valence-electron chi connectivity index (χ2n) is 11.5. The van der Waals surface area contributed by atoms with E-state index in [2.05, 4.69) is 26.0 Å². The van der Waals surface area contributed by atoms with Crippen LogP contribution in [0.2, 0.25) is 0 Å². The maximum atomic E-state index is 12.7. The Kier molecular flexibility index (Phi) is 9.03. The average Bonchev–Trinajstić information content (AvgIpc) is 3.12. The normalized spacial score (nSPS) is 33.5. The Balaban J connectivity index is 1.68. The van der Waals surface area contributed by atoms with Gasteiger partial charge in [-0.2, -0.15) is 0 Å². The van der Waals surface area contributed by atoms with Crippen molar-refractivity contribution in [3.05, 3.63) is 35.5 Å². The van der Waals surface area contributed by atoms with Crippen LogP contribution in [0.25, 0.3) is 0 Å². The molecule has 6 heteroatoms. The number of carbonyl (C=O) groups excluding carboxylic acids is 2. The van der Waals surface area contributed by atoms with Crippen LogP contribution in [-0.2, 0) is 14.3 Å². The Morgan fingerprint density at radius 2 is 1.86 bits per heavy atom. The first-order valence-corrected chi connectivity index (χ1v) is 13.3. The largest absolute Gasteiger partial charge is 0.509 e. The van der Waals surface area contributed by atoms with Gasteiger partial charge in [0.1, 0.15) is 0 Å². The Labute approximate surface area is 210 Å². The zero-order valence-corrected chi connectivity index (χ0v) is 22.1. The molecular formula is C29H44O6. The Hall–Kier alpha value is -1.92. The second-order valence-corrected chi connectivity index (χ2v) is 11.5. The van der Waals surface area contributed by atoms with E-state index in [1.54, 1.807) is 26.8 Å². The topological polar surface area (TPSA) is 93.1 Å². The minimum Gasteiger partial charge on any atom is -0.435 e. The van der Waals surface area contributed by atoms with E-state index in [-0.39, 0.29) is 23.7 Å². The van der Waals surface area contributed by atoms with Gasteiger partial charge in [-0.1, -0.05) is 43.2 Å². The van der Waals surface area contributed by atoms with Crippen molar-refractivity contribution >= 4 is 11.9 Å². The van der Waals surface area contributed by atoms with Crippen molar-refractivity contribution in [1.29, 1.82) is 0 Å². The van der Waals surface area contributed by atoms with E-state index >= 15 is 0 Å². The number of rotatable bonds is 7. The molecule has 0 unspecified atom stereocenters. The molecule has 0 aromatic carbocycles. The molecule has 3 rings (SSSR count). The quantitative estimate of drug-likeness (QED) is 0.354. The van der Waals surface area contributed by atoms with Gasteiger partial charge in [0.15, 0.2) is 11.4 Å². The van der Waals surface area contributed by atoms with E-state index in [0.29, 0.717) is 31.1 Å². The lowest BCUT2D eigenvalue weighted by Crippen LogP contribution is -2.37. The fourth-order valence-corrected chi connectivity index (χ4v) is 6.65. The minimum absolute atomic E-state index is 0.179. The van der Waals surface area contributed by atoms with Gasteiger partial charge < -0.3 is 19.7 Å². The average molecular weight is 489 g/mol. The molecule has 3 aliphatic carbocycles. The predicted molar refractivity (Wildman–Crippen MR) is 136 cm³/mol. The fourth-order valence-electron chi connectivity index (χ4n) is 6.65. The molecule has 196 valence electrons. The highest BCUT2D eigenvalue weighted by Gasteiger charge is 2.50. The highest BCUT2D eigenvalue weighted by Crippen LogP contribution is 2.59. The van der Waals surface area contributed by atoms with Crippen molar-refractivity contribution in [2.24, 2.45) is 23.2 Å². The Morgan fingerprint density at radius 3 is 2.51 bits per heavy atom. The number of aliphatic hydroxyl groups is 2. The highest BCUT2D eigenvalue weighted by molar-refractivity contribution is 5.97. The molecule has 0 heterocycles. The SMILES string of the molecule is CCOC(=O)OC(C)(C)C(=O)/C=C/[C@@H](C)[C@H]1CC[C@H]2/C(=C/C=C3C[C@@H](O)C[C@H](O)C3)CCC[C@]12C. The van der Waals surface area contributed by atoms with Gasteiger partial charge in [-0.3, -0.25) is 4.79 Å². The molecule has 0 bridgehead atoms. The van der Waals surface area contributed by atoms with Crippen molar-refractivity contribution < 1.29 is 29.3 Å². The summed E-state index contributed by atoms with van der Waals surface area (Å²) in [5, 5.41) is 20.0. The van der Waals surface area contributed by atoms with Crippen molar-refractivity contribution in [3.63, 3.8) is 0 Å². The molecule has 3 aliphatic rings. The molecule has 3 saturated carbocycles. The van der Waals surface area contributed by atoms with Crippen LogP contribution in [0.15, 0.2) is 35.5 Å². The summed E-state index contributed by atoms with van der Waals surface area (Å²) in [4.78, 5) is 24.4. The molecule has 0 amide bonds. The van der Waals surface area contributed by atoms with Crippen LogP contribution in [0, 0.1) is 23.2 Å². The summed E-state index contributed by atoms with van der Waals surface area (Å²) in [7, 11) is 0. The Morgan fingerprint density at radius 1 is 1.17 bits per heavy atom. The van der Waals surface area contributed by atoms with E-state index in [0.717, 1.165) is 31.3 Å². The van der Waals surface area contributed by atoms with E-state index in [1.165, 1.54) is 12.0 Å². The van der Waals surface area contributed by atoms with Crippen LogP contribution in [-0.4, -0.2) is 46.6 Å². The highest BCUT2D eigenvalue weighted by atomic mass is 16.7. The number of allylic oxidation sites excluding steroid dienone is 4. The maximum Gasteiger partial charge on any atom is 0.509 e. The lowest BCUT2D eigenvalue weighted by molar-refractivity contribution is -0.131. The number of carbonyl (C=O) groups is 2. The van der Waals surface area contributed by atoms with E-state index < -0.39 is 24.0 Å². The molecule has 2 N–H and O–H groups in total. The van der Waals surface area contributed by atoms with E-state index in [1.807, 2.05) is 6.08 Å². The van der Waals surface area contributed by atoms with Crippen LogP contribution >= 0.6 is 0 Å². The first kappa shape index (κ1) is 27.7. The summed E-state index contributed by atoms with van der Waals surface area (Å²) in [6.07, 6.45) is 13.7. The second kappa shape index (κ2) is 11.4. The van der Waals surface area contributed by atoms with Gasteiger partial charge in [-0.05, 0) is 101 Å². The molecule has 0 aromatic heterocycles. The third-order valence-corrected chi connectivity index (χ3v) is 8.49. The molecule has 0 saturated heterocycles. The van der Waals surface area contributed by atoms with E-state index in [4.69, 9.17) is 9.47 Å². The van der Waals surface area contributed by atoms with Crippen LogP contribution in [0.5, 0.6) is 0 Å². The van der Waals surface area contributed by atoms with Gasteiger partial charge >= 0.3 is 6.16 Å². The van der Waals surface area contributed by atoms with Gasteiger partial charge in [-0.25, -0.2) is 4.79 Å². The molecule has 0 aromatic rings. The lowest BCUT2D eigenvalue weighted by atomic mass is 9.61. The summed E-state index contributed by atoms with van der Waals surface area (Å²) in [6, 6.07) is 0. The van der Waals surface area contributed by atoms with Crippen LogP contribution in [0.1, 0.15) is 86.0 Å². The van der Waals surface area contributed by atoms with Crippen LogP contribution in [0.4, 0.5) is 4.79 Å². The third-order valence-electron chi connectivity index (χ3n) is 8.49. The number of fused-ring (bicyclic) bond motifs is 1. The molecule has 3 fully saturated rings. The molecule has 0 radical (unpaired) electrons. The monoisotopic (exact) mass is 488 g/mol. The molecule has 6 atom stereocenters. The van der Waals surface area contributed by atoms with Gasteiger partial charge in [0.2, 0.25) is 0 Å². The van der Waals surface area contributed by atoms with Crippen molar-refractivity contribution in [2.45, 2.75) is 104 Å². The number of hydrogen-bond acceptors (Lipinski definition) is 6. The van der Waals surface area contributed by atoms with E-state index in [9.17, 15) is 19.8 Å². The van der Waals surface area contributed by atoms with Crippen LogP contribution < -0.4 is 0 Å².